The minimum Gasteiger partial charge on any atom is -0.346 e. The Hall–Kier alpha value is -3.09. The molecule has 0 saturated carbocycles. The first-order valence-electron chi connectivity index (χ1n) is 7.15. The van der Waals surface area contributed by atoms with Crippen molar-refractivity contribution >= 4 is 16.7 Å². The van der Waals surface area contributed by atoms with Gasteiger partial charge in [-0.25, -0.2) is 13.5 Å². The van der Waals surface area contributed by atoms with E-state index >= 15 is 0 Å². The molecule has 2 aromatic carbocycles. The number of benzene rings is 2. The zero-order valence-electron chi connectivity index (χ0n) is 12.7. The zero-order valence-corrected chi connectivity index (χ0v) is 12.7. The van der Waals surface area contributed by atoms with Gasteiger partial charge >= 0.3 is 0 Å². The molecule has 0 bridgehead atoms. The minimum atomic E-state index is -0.939. The lowest BCUT2D eigenvalue weighted by molar-refractivity contribution is 0.0946. The van der Waals surface area contributed by atoms with Crippen molar-refractivity contribution in [3.8, 4) is 0 Å². The maximum absolute atomic E-state index is 13.6. The Bertz CT molecular complexity index is 999. The molecule has 7 heteroatoms. The number of nitrogens with zero attached hydrogens (tertiary/aromatic N) is 2. The molecule has 1 N–H and O–H groups in total. The molecule has 0 radical (unpaired) electrons. The van der Waals surface area contributed by atoms with Gasteiger partial charge in [0.15, 0.2) is 0 Å². The predicted octanol–water partition coefficient (Wildman–Crippen LogP) is 2.14. The van der Waals surface area contributed by atoms with Gasteiger partial charge in [0.1, 0.15) is 11.6 Å². The average Bonchev–Trinajstić information content (AvgIpc) is 2.56. The molecular formula is C17H13F2N3O2. The molecule has 1 heterocycles. The van der Waals surface area contributed by atoms with Gasteiger partial charge in [0.05, 0.1) is 23.2 Å². The number of nitrogens with one attached hydrogen (secondary N) is 1. The first kappa shape index (κ1) is 15.8. The lowest BCUT2D eigenvalue weighted by Crippen LogP contribution is -2.27. The molecule has 1 amide bonds. The summed E-state index contributed by atoms with van der Waals surface area (Å²) in [7, 11) is 1.51. The second-order valence-electron chi connectivity index (χ2n) is 5.23. The van der Waals surface area contributed by atoms with E-state index in [1.165, 1.54) is 11.7 Å². The van der Waals surface area contributed by atoms with E-state index in [0.29, 0.717) is 22.5 Å². The quantitative estimate of drug-likeness (QED) is 0.801. The Morgan fingerprint density at radius 3 is 2.58 bits per heavy atom. The van der Waals surface area contributed by atoms with Gasteiger partial charge in [-0.2, -0.15) is 5.10 Å². The number of carbonyl (C=O) groups excluding carboxylic acids is 1. The van der Waals surface area contributed by atoms with Crippen molar-refractivity contribution in [3.63, 3.8) is 0 Å². The zero-order chi connectivity index (χ0) is 17.3. The van der Waals surface area contributed by atoms with Crippen LogP contribution in [0.25, 0.3) is 10.8 Å². The molecule has 0 aliphatic carbocycles. The first-order valence-corrected chi connectivity index (χ1v) is 7.15. The Morgan fingerprint density at radius 2 is 1.88 bits per heavy atom. The Kier molecular flexibility index (Phi) is 4.07. The molecule has 3 aromatic rings. The van der Waals surface area contributed by atoms with Crippen LogP contribution in [-0.2, 0) is 13.6 Å². The minimum absolute atomic E-state index is 0.00425. The number of amides is 1. The van der Waals surface area contributed by atoms with Crippen LogP contribution in [0.15, 0.2) is 47.3 Å². The van der Waals surface area contributed by atoms with Crippen molar-refractivity contribution in [2.24, 2.45) is 7.05 Å². The summed E-state index contributed by atoms with van der Waals surface area (Å²) in [6.07, 6.45) is 0. The van der Waals surface area contributed by atoms with Crippen LogP contribution in [-0.4, -0.2) is 15.7 Å². The van der Waals surface area contributed by atoms with Crippen molar-refractivity contribution in [1.82, 2.24) is 15.1 Å². The van der Waals surface area contributed by atoms with E-state index in [9.17, 15) is 18.4 Å². The summed E-state index contributed by atoms with van der Waals surface area (Å²) in [5.41, 5.74) is -0.0284. The normalized spacial score (nSPS) is 10.8. The smallest absolute Gasteiger partial charge is 0.274 e. The number of halogens is 2. The summed E-state index contributed by atoms with van der Waals surface area (Å²) >= 11 is 0. The number of fused-ring (bicyclic) bond motifs is 1. The number of aryl methyl sites for hydroxylation is 1. The third-order valence-corrected chi connectivity index (χ3v) is 3.63. The fourth-order valence-corrected chi connectivity index (χ4v) is 2.44. The molecule has 0 atom stereocenters. The van der Waals surface area contributed by atoms with Crippen LogP contribution in [0.3, 0.4) is 0 Å². The van der Waals surface area contributed by atoms with Crippen molar-refractivity contribution < 1.29 is 13.6 Å². The van der Waals surface area contributed by atoms with Gasteiger partial charge < -0.3 is 5.32 Å². The number of aromatic nitrogens is 2. The summed E-state index contributed by atoms with van der Waals surface area (Å²) in [5, 5.41) is 7.76. The molecule has 0 spiro atoms. The van der Waals surface area contributed by atoms with Gasteiger partial charge in [0, 0.05) is 18.5 Å². The van der Waals surface area contributed by atoms with E-state index in [1.807, 2.05) is 0 Å². The highest BCUT2D eigenvalue weighted by Crippen LogP contribution is 2.14. The molecule has 24 heavy (non-hydrogen) atoms. The Balaban J connectivity index is 1.90. The van der Waals surface area contributed by atoms with Crippen LogP contribution < -0.4 is 10.9 Å². The number of rotatable bonds is 3. The van der Waals surface area contributed by atoms with Gasteiger partial charge in [0.25, 0.3) is 11.5 Å². The van der Waals surface area contributed by atoms with Gasteiger partial charge in [-0.05, 0) is 18.2 Å². The van der Waals surface area contributed by atoms with Crippen molar-refractivity contribution in [3.05, 3.63) is 75.7 Å². The molecule has 0 aliphatic heterocycles. The molecule has 0 fully saturated rings. The second kappa shape index (κ2) is 6.19. The highest BCUT2D eigenvalue weighted by molar-refractivity contribution is 5.94. The van der Waals surface area contributed by atoms with E-state index < -0.39 is 17.5 Å². The maximum Gasteiger partial charge on any atom is 0.274 e. The van der Waals surface area contributed by atoms with Crippen molar-refractivity contribution in [1.29, 1.82) is 0 Å². The van der Waals surface area contributed by atoms with Gasteiger partial charge in [-0.3, -0.25) is 9.59 Å². The first-order chi connectivity index (χ1) is 11.5. The number of hydrogen-bond acceptors (Lipinski definition) is 3. The third-order valence-electron chi connectivity index (χ3n) is 3.63. The SMILES string of the molecule is Cn1nc(CNC(=O)c2ccc(F)cc2F)c2ccccc2c1=O. The molecule has 5 nitrogen and oxygen atoms in total. The second-order valence-corrected chi connectivity index (χ2v) is 5.23. The Labute approximate surface area is 135 Å². The third kappa shape index (κ3) is 2.88. The summed E-state index contributed by atoms with van der Waals surface area (Å²) < 4.78 is 27.7. The van der Waals surface area contributed by atoms with E-state index in [1.54, 1.807) is 24.3 Å². The molecule has 0 saturated heterocycles. The molecule has 1 aromatic heterocycles. The van der Waals surface area contributed by atoms with Gasteiger partial charge in [-0.1, -0.05) is 18.2 Å². The molecular weight excluding hydrogens is 316 g/mol. The lowest BCUT2D eigenvalue weighted by Gasteiger charge is -2.10. The van der Waals surface area contributed by atoms with Crippen LogP contribution in [0.4, 0.5) is 8.78 Å². The van der Waals surface area contributed by atoms with Gasteiger partial charge in [-0.15, -0.1) is 0 Å². The van der Waals surface area contributed by atoms with E-state index in [2.05, 4.69) is 10.4 Å². The fourth-order valence-electron chi connectivity index (χ4n) is 2.44. The fraction of sp³-hybridized carbons (Fsp3) is 0.118. The van der Waals surface area contributed by atoms with Crippen LogP contribution in [0.2, 0.25) is 0 Å². The van der Waals surface area contributed by atoms with Crippen LogP contribution in [0.5, 0.6) is 0 Å². The summed E-state index contributed by atoms with van der Waals surface area (Å²) in [4.78, 5) is 24.1. The topological polar surface area (TPSA) is 64.0 Å². The molecule has 3 rings (SSSR count). The van der Waals surface area contributed by atoms with Crippen LogP contribution >= 0.6 is 0 Å². The predicted molar refractivity (Wildman–Crippen MR) is 84.5 cm³/mol. The molecule has 0 unspecified atom stereocenters. The number of carbonyl (C=O) groups is 1. The standard InChI is InChI=1S/C17H13F2N3O2/c1-22-17(24)12-5-3-2-4-11(12)15(21-22)9-20-16(23)13-7-6-10(18)8-14(13)19/h2-8H,9H2,1H3,(H,20,23). The molecule has 0 aliphatic rings. The highest BCUT2D eigenvalue weighted by Gasteiger charge is 2.14. The maximum atomic E-state index is 13.6. The van der Waals surface area contributed by atoms with Crippen molar-refractivity contribution in [2.45, 2.75) is 6.54 Å². The van der Waals surface area contributed by atoms with Crippen LogP contribution in [0.1, 0.15) is 16.1 Å². The van der Waals surface area contributed by atoms with Crippen molar-refractivity contribution in [2.75, 3.05) is 0 Å². The van der Waals surface area contributed by atoms with E-state index in [-0.39, 0.29) is 17.7 Å². The summed E-state index contributed by atoms with van der Waals surface area (Å²) in [6.45, 7) is 0.00425. The summed E-state index contributed by atoms with van der Waals surface area (Å²) in [6, 6.07) is 9.63. The highest BCUT2D eigenvalue weighted by atomic mass is 19.1. The van der Waals surface area contributed by atoms with Crippen LogP contribution in [0, 0.1) is 11.6 Å². The average molecular weight is 329 g/mol. The van der Waals surface area contributed by atoms with Gasteiger partial charge in [0.2, 0.25) is 0 Å². The molecule has 122 valence electrons. The lowest BCUT2D eigenvalue weighted by atomic mass is 10.1. The monoisotopic (exact) mass is 329 g/mol. The Morgan fingerprint density at radius 1 is 1.17 bits per heavy atom. The largest absolute Gasteiger partial charge is 0.346 e. The number of hydrogen-bond donors (Lipinski definition) is 1. The summed E-state index contributed by atoms with van der Waals surface area (Å²) in [5.74, 6) is -2.38. The van der Waals surface area contributed by atoms with E-state index in [4.69, 9.17) is 0 Å². The van der Waals surface area contributed by atoms with E-state index in [0.717, 1.165) is 12.1 Å².